The van der Waals surface area contributed by atoms with E-state index in [1.165, 1.54) is 30.5 Å². The lowest BCUT2D eigenvalue weighted by Crippen LogP contribution is -2.38. The fourth-order valence-electron chi connectivity index (χ4n) is 3.51. The minimum absolute atomic E-state index is 0.00798. The first-order valence-electron chi connectivity index (χ1n) is 10.2. The largest absolute Gasteiger partial charge is 0.497 e. The van der Waals surface area contributed by atoms with Gasteiger partial charge in [0.2, 0.25) is 5.91 Å². The minimum atomic E-state index is -0.281. The van der Waals surface area contributed by atoms with E-state index in [1.807, 2.05) is 31.2 Å². The highest BCUT2D eigenvalue weighted by Gasteiger charge is 2.13. The maximum Gasteiger partial charge on any atom is 0.242 e. The van der Waals surface area contributed by atoms with Crippen LogP contribution in [-0.4, -0.2) is 38.7 Å². The molecule has 5 nitrogen and oxygen atoms in total. The summed E-state index contributed by atoms with van der Waals surface area (Å²) in [7, 11) is 1.66. The third kappa shape index (κ3) is 5.65. The molecule has 0 spiro atoms. The molecule has 0 aliphatic carbocycles. The fourth-order valence-corrected chi connectivity index (χ4v) is 3.51. The smallest absolute Gasteiger partial charge is 0.242 e. The van der Waals surface area contributed by atoms with Crippen LogP contribution in [0, 0.1) is 0 Å². The number of piperidine rings is 1. The molecule has 1 atom stereocenters. The molecule has 3 rings (SSSR count). The van der Waals surface area contributed by atoms with E-state index in [-0.39, 0.29) is 11.9 Å². The van der Waals surface area contributed by atoms with Crippen molar-refractivity contribution in [2.45, 2.75) is 38.6 Å². The lowest BCUT2D eigenvalue weighted by atomic mass is 10.1. The SMILES string of the molecule is COc1ccc(CCNC(=O)C(C)Nc2ccc(N3CCCCC3)cc2)cc1. The Morgan fingerprint density at radius 3 is 2.36 bits per heavy atom. The number of ether oxygens (including phenoxy) is 1. The van der Waals surface area contributed by atoms with E-state index in [2.05, 4.69) is 39.8 Å². The molecule has 1 aliphatic rings. The predicted molar refractivity (Wildman–Crippen MR) is 115 cm³/mol. The molecule has 1 amide bonds. The molecule has 1 fully saturated rings. The van der Waals surface area contributed by atoms with E-state index in [4.69, 9.17) is 4.74 Å². The molecule has 2 aromatic rings. The Kier molecular flexibility index (Phi) is 7.18. The van der Waals surface area contributed by atoms with E-state index >= 15 is 0 Å². The number of nitrogens with zero attached hydrogens (tertiary/aromatic N) is 1. The van der Waals surface area contributed by atoms with E-state index in [1.54, 1.807) is 7.11 Å². The summed E-state index contributed by atoms with van der Waals surface area (Å²) in [6.07, 6.45) is 4.68. The van der Waals surface area contributed by atoms with Gasteiger partial charge in [0.15, 0.2) is 0 Å². The summed E-state index contributed by atoms with van der Waals surface area (Å²) in [4.78, 5) is 14.8. The highest BCUT2D eigenvalue weighted by atomic mass is 16.5. The van der Waals surface area contributed by atoms with Gasteiger partial charge in [-0.2, -0.15) is 0 Å². The molecule has 2 N–H and O–H groups in total. The number of hydrogen-bond acceptors (Lipinski definition) is 4. The Morgan fingerprint density at radius 2 is 1.71 bits per heavy atom. The molecule has 0 bridgehead atoms. The number of nitrogens with one attached hydrogen (secondary N) is 2. The van der Waals surface area contributed by atoms with Gasteiger partial charge in [-0.05, 0) is 74.6 Å². The summed E-state index contributed by atoms with van der Waals surface area (Å²) in [5, 5.41) is 6.29. The highest BCUT2D eigenvalue weighted by Crippen LogP contribution is 2.22. The Labute approximate surface area is 168 Å². The lowest BCUT2D eigenvalue weighted by molar-refractivity contribution is -0.121. The van der Waals surface area contributed by atoms with Gasteiger partial charge < -0.3 is 20.3 Å². The first-order valence-corrected chi connectivity index (χ1v) is 10.2. The van der Waals surface area contributed by atoms with Gasteiger partial charge in [0, 0.05) is 31.0 Å². The molecule has 1 heterocycles. The van der Waals surface area contributed by atoms with Gasteiger partial charge in [-0.3, -0.25) is 4.79 Å². The van der Waals surface area contributed by atoms with Crippen LogP contribution in [0.15, 0.2) is 48.5 Å². The van der Waals surface area contributed by atoms with E-state index < -0.39 is 0 Å². The van der Waals surface area contributed by atoms with Crippen LogP contribution < -0.4 is 20.3 Å². The second-order valence-electron chi connectivity index (χ2n) is 7.35. The van der Waals surface area contributed by atoms with Crippen molar-refractivity contribution in [3.8, 4) is 5.75 Å². The van der Waals surface area contributed by atoms with Crippen molar-refractivity contribution < 1.29 is 9.53 Å². The topological polar surface area (TPSA) is 53.6 Å². The zero-order chi connectivity index (χ0) is 19.8. The number of carbonyl (C=O) groups excluding carboxylic acids is 1. The van der Waals surface area contributed by atoms with E-state index in [0.29, 0.717) is 6.54 Å². The van der Waals surface area contributed by atoms with Crippen LogP contribution in [0.4, 0.5) is 11.4 Å². The summed E-state index contributed by atoms with van der Waals surface area (Å²) in [6.45, 7) is 4.78. The van der Waals surface area contributed by atoms with Crippen LogP contribution in [0.2, 0.25) is 0 Å². The summed E-state index contributed by atoms with van der Waals surface area (Å²) >= 11 is 0. The molecular formula is C23H31N3O2. The van der Waals surface area contributed by atoms with Gasteiger partial charge in [-0.25, -0.2) is 0 Å². The number of benzene rings is 2. The van der Waals surface area contributed by atoms with Crippen molar-refractivity contribution in [1.29, 1.82) is 0 Å². The minimum Gasteiger partial charge on any atom is -0.497 e. The maximum absolute atomic E-state index is 12.4. The second kappa shape index (κ2) is 10.0. The third-order valence-corrected chi connectivity index (χ3v) is 5.24. The Morgan fingerprint density at radius 1 is 1.04 bits per heavy atom. The molecule has 0 saturated carbocycles. The van der Waals surface area contributed by atoms with Crippen LogP contribution in [0.3, 0.4) is 0 Å². The highest BCUT2D eigenvalue weighted by molar-refractivity contribution is 5.84. The molecule has 150 valence electrons. The zero-order valence-electron chi connectivity index (χ0n) is 16.9. The van der Waals surface area contributed by atoms with Gasteiger partial charge >= 0.3 is 0 Å². The quantitative estimate of drug-likeness (QED) is 0.729. The average Bonchev–Trinajstić information content (AvgIpc) is 2.75. The summed E-state index contributed by atoms with van der Waals surface area (Å²) < 4.78 is 5.16. The van der Waals surface area contributed by atoms with Gasteiger partial charge in [-0.15, -0.1) is 0 Å². The van der Waals surface area contributed by atoms with Crippen molar-refractivity contribution in [1.82, 2.24) is 5.32 Å². The van der Waals surface area contributed by atoms with Crippen molar-refractivity contribution in [2.24, 2.45) is 0 Å². The molecule has 1 aliphatic heterocycles. The first-order chi connectivity index (χ1) is 13.7. The molecule has 5 heteroatoms. The number of rotatable bonds is 8. The Bertz CT molecular complexity index is 737. The van der Waals surface area contributed by atoms with Crippen LogP contribution in [0.5, 0.6) is 5.75 Å². The summed E-state index contributed by atoms with van der Waals surface area (Å²) in [5.74, 6) is 0.852. The monoisotopic (exact) mass is 381 g/mol. The van der Waals surface area contributed by atoms with Crippen LogP contribution in [0.1, 0.15) is 31.7 Å². The van der Waals surface area contributed by atoms with Crippen molar-refractivity contribution in [3.05, 3.63) is 54.1 Å². The number of hydrogen-bond donors (Lipinski definition) is 2. The number of methoxy groups -OCH3 is 1. The molecule has 1 unspecified atom stereocenters. The van der Waals surface area contributed by atoms with Crippen LogP contribution >= 0.6 is 0 Å². The maximum atomic E-state index is 12.4. The zero-order valence-corrected chi connectivity index (χ0v) is 16.9. The average molecular weight is 382 g/mol. The molecule has 0 aromatic heterocycles. The summed E-state index contributed by atoms with van der Waals surface area (Å²) in [5.41, 5.74) is 3.41. The molecule has 1 saturated heterocycles. The second-order valence-corrected chi connectivity index (χ2v) is 7.35. The van der Waals surface area contributed by atoms with Crippen LogP contribution in [-0.2, 0) is 11.2 Å². The number of carbonyl (C=O) groups is 1. The number of amides is 1. The molecule has 28 heavy (non-hydrogen) atoms. The van der Waals surface area contributed by atoms with E-state index in [9.17, 15) is 4.79 Å². The van der Waals surface area contributed by atoms with Gasteiger partial charge in [0.05, 0.1) is 7.11 Å². The normalized spacial score (nSPS) is 15.0. The standard InChI is InChI=1S/C23H31N3O2/c1-18(23(27)24-15-14-19-6-12-22(28-2)13-7-19)25-20-8-10-21(11-9-20)26-16-4-3-5-17-26/h6-13,18,25H,3-5,14-17H2,1-2H3,(H,24,27). The Balaban J connectivity index is 1.42. The first kappa shape index (κ1) is 20.1. The van der Waals surface area contributed by atoms with Gasteiger partial charge in [0.25, 0.3) is 0 Å². The summed E-state index contributed by atoms with van der Waals surface area (Å²) in [6, 6.07) is 16.0. The molecular weight excluding hydrogens is 350 g/mol. The van der Waals surface area contributed by atoms with Crippen molar-refractivity contribution in [2.75, 3.05) is 37.0 Å². The Hall–Kier alpha value is -2.69. The van der Waals surface area contributed by atoms with Gasteiger partial charge in [0.1, 0.15) is 11.8 Å². The predicted octanol–water partition coefficient (Wildman–Crippen LogP) is 3.84. The fraction of sp³-hybridized carbons (Fsp3) is 0.435. The van der Waals surface area contributed by atoms with Crippen molar-refractivity contribution in [3.63, 3.8) is 0 Å². The molecule has 2 aromatic carbocycles. The third-order valence-electron chi connectivity index (χ3n) is 5.24. The molecule has 0 radical (unpaired) electrons. The van der Waals surface area contributed by atoms with Crippen molar-refractivity contribution >= 4 is 17.3 Å². The van der Waals surface area contributed by atoms with Crippen LogP contribution in [0.25, 0.3) is 0 Å². The van der Waals surface area contributed by atoms with E-state index in [0.717, 1.165) is 30.9 Å². The van der Waals surface area contributed by atoms with Gasteiger partial charge in [-0.1, -0.05) is 12.1 Å². The lowest BCUT2D eigenvalue weighted by Gasteiger charge is -2.29. The number of anilines is 2.